The zero-order chi connectivity index (χ0) is 7.40. The van der Waals surface area contributed by atoms with Crippen molar-refractivity contribution in [1.29, 1.82) is 0 Å². The number of hydrogen-bond acceptors (Lipinski definition) is 4. The van der Waals surface area contributed by atoms with E-state index in [4.69, 9.17) is 0 Å². The Morgan fingerprint density at radius 3 is 3.30 bits per heavy atom. The van der Waals surface area contributed by atoms with Crippen LogP contribution in [0, 0.1) is 0 Å². The molecule has 5 heteroatoms. The lowest BCUT2D eigenvalue weighted by atomic mass is 10.5. The first-order valence-electron chi connectivity index (χ1n) is 2.76. The van der Waals surface area contributed by atoms with Crippen LogP contribution in [-0.2, 0) is 4.84 Å². The van der Waals surface area contributed by atoms with Gasteiger partial charge in [0.2, 0.25) is 0 Å². The third-order valence-corrected chi connectivity index (χ3v) is 2.69. The SMILES string of the molecule is CON=CC1CN=C(Br)S1. The van der Waals surface area contributed by atoms with Gasteiger partial charge in [-0.3, -0.25) is 4.99 Å². The molecule has 0 fully saturated rings. The lowest BCUT2D eigenvalue weighted by Gasteiger charge is -1.95. The van der Waals surface area contributed by atoms with Gasteiger partial charge >= 0.3 is 0 Å². The van der Waals surface area contributed by atoms with Gasteiger partial charge in [0.1, 0.15) is 11.1 Å². The molecule has 0 saturated heterocycles. The fourth-order valence-corrected chi connectivity index (χ4v) is 2.09. The Labute approximate surface area is 72.0 Å². The summed E-state index contributed by atoms with van der Waals surface area (Å²) < 4.78 is 0.944. The zero-order valence-corrected chi connectivity index (χ0v) is 7.85. The molecule has 0 spiro atoms. The van der Waals surface area contributed by atoms with Gasteiger partial charge in [-0.15, -0.1) is 0 Å². The third kappa shape index (κ3) is 2.30. The van der Waals surface area contributed by atoms with Crippen LogP contribution in [0.4, 0.5) is 0 Å². The molecule has 10 heavy (non-hydrogen) atoms. The summed E-state index contributed by atoms with van der Waals surface area (Å²) in [6, 6.07) is 0. The first kappa shape index (κ1) is 8.07. The maximum atomic E-state index is 4.53. The van der Waals surface area contributed by atoms with Gasteiger partial charge in [-0.05, 0) is 15.9 Å². The second-order valence-corrected chi connectivity index (χ2v) is 4.19. The van der Waals surface area contributed by atoms with E-state index in [0.29, 0.717) is 5.25 Å². The highest BCUT2D eigenvalue weighted by Crippen LogP contribution is 2.22. The smallest absolute Gasteiger partial charge is 0.134 e. The van der Waals surface area contributed by atoms with E-state index < -0.39 is 0 Å². The van der Waals surface area contributed by atoms with Crippen LogP contribution in [0.2, 0.25) is 0 Å². The molecule has 0 aromatic carbocycles. The maximum absolute atomic E-state index is 4.53. The third-order valence-electron chi connectivity index (χ3n) is 0.977. The Morgan fingerprint density at radius 1 is 2.00 bits per heavy atom. The average Bonchev–Trinajstić information content (AvgIpc) is 2.31. The Bertz CT molecular complexity index is 171. The van der Waals surface area contributed by atoms with Gasteiger partial charge in [0.15, 0.2) is 0 Å². The summed E-state index contributed by atoms with van der Waals surface area (Å²) in [7, 11) is 1.53. The highest BCUT2D eigenvalue weighted by Gasteiger charge is 2.15. The second-order valence-electron chi connectivity index (χ2n) is 1.69. The van der Waals surface area contributed by atoms with Crippen LogP contribution in [0.15, 0.2) is 10.1 Å². The summed E-state index contributed by atoms with van der Waals surface area (Å²) in [6.07, 6.45) is 1.75. The van der Waals surface area contributed by atoms with Crippen molar-refractivity contribution in [3.05, 3.63) is 0 Å². The molecule has 1 aliphatic heterocycles. The standard InChI is InChI=1S/C5H7BrN2OS/c1-9-8-3-4-2-7-5(6)10-4/h3-4H,2H2,1H3. The number of halogens is 1. The van der Waals surface area contributed by atoms with Crippen LogP contribution >= 0.6 is 27.7 Å². The van der Waals surface area contributed by atoms with Crippen LogP contribution in [0.3, 0.4) is 0 Å². The van der Waals surface area contributed by atoms with E-state index in [9.17, 15) is 0 Å². The van der Waals surface area contributed by atoms with Gasteiger partial charge < -0.3 is 4.84 Å². The van der Waals surface area contributed by atoms with E-state index >= 15 is 0 Å². The summed E-state index contributed by atoms with van der Waals surface area (Å²) in [6.45, 7) is 0.790. The van der Waals surface area contributed by atoms with E-state index in [1.54, 1.807) is 18.0 Å². The molecular weight excluding hydrogens is 216 g/mol. The predicted molar refractivity (Wildman–Crippen MR) is 48.1 cm³/mol. The Hall–Kier alpha value is -0.0300. The topological polar surface area (TPSA) is 34.0 Å². The fraction of sp³-hybridized carbons (Fsp3) is 0.600. The number of nitrogens with zero attached hydrogens (tertiary/aromatic N) is 2. The molecule has 56 valence electrons. The summed E-state index contributed by atoms with van der Waals surface area (Å²) in [5.74, 6) is 0. The lowest BCUT2D eigenvalue weighted by Crippen LogP contribution is -2.03. The number of oxime groups is 1. The van der Waals surface area contributed by atoms with Crippen molar-refractivity contribution in [2.24, 2.45) is 10.1 Å². The predicted octanol–water partition coefficient (Wildman–Crippen LogP) is 1.48. The van der Waals surface area contributed by atoms with Gasteiger partial charge in [-0.25, -0.2) is 0 Å². The minimum Gasteiger partial charge on any atom is -0.399 e. The van der Waals surface area contributed by atoms with Crippen LogP contribution in [0.1, 0.15) is 0 Å². The monoisotopic (exact) mass is 222 g/mol. The van der Waals surface area contributed by atoms with Gasteiger partial charge in [0.05, 0.1) is 18.0 Å². The molecule has 0 aromatic heterocycles. The number of thioether (sulfide) groups is 1. The highest BCUT2D eigenvalue weighted by molar-refractivity contribution is 9.22. The zero-order valence-electron chi connectivity index (χ0n) is 5.45. The van der Waals surface area contributed by atoms with Crippen molar-refractivity contribution in [3.8, 4) is 0 Å². The van der Waals surface area contributed by atoms with Gasteiger partial charge in [-0.1, -0.05) is 16.9 Å². The van der Waals surface area contributed by atoms with E-state index in [2.05, 4.69) is 30.9 Å². The largest absolute Gasteiger partial charge is 0.399 e. The molecule has 0 bridgehead atoms. The molecule has 0 amide bonds. The van der Waals surface area contributed by atoms with Crippen molar-refractivity contribution >= 4 is 37.9 Å². The summed E-state index contributed by atoms with van der Waals surface area (Å²) in [4.78, 5) is 8.65. The fourth-order valence-electron chi connectivity index (χ4n) is 0.567. The van der Waals surface area contributed by atoms with E-state index in [1.165, 1.54) is 7.11 Å². The first-order chi connectivity index (χ1) is 4.83. The molecule has 0 N–H and O–H groups in total. The van der Waals surface area contributed by atoms with Gasteiger partial charge in [0, 0.05) is 0 Å². The maximum Gasteiger partial charge on any atom is 0.134 e. The second kappa shape index (κ2) is 3.98. The van der Waals surface area contributed by atoms with Gasteiger partial charge in [-0.2, -0.15) is 0 Å². The molecule has 0 radical (unpaired) electrons. The lowest BCUT2D eigenvalue weighted by molar-refractivity contribution is 0.215. The Morgan fingerprint density at radius 2 is 2.80 bits per heavy atom. The van der Waals surface area contributed by atoms with Crippen LogP contribution in [-0.4, -0.2) is 29.1 Å². The molecule has 1 rings (SSSR count). The van der Waals surface area contributed by atoms with Crippen molar-refractivity contribution in [3.63, 3.8) is 0 Å². The number of rotatable bonds is 2. The molecule has 3 nitrogen and oxygen atoms in total. The molecular formula is C5H7BrN2OS. The average molecular weight is 223 g/mol. The van der Waals surface area contributed by atoms with Crippen molar-refractivity contribution < 1.29 is 4.84 Å². The molecule has 1 unspecified atom stereocenters. The quantitative estimate of drug-likeness (QED) is 0.525. The minimum absolute atomic E-state index is 0.342. The van der Waals surface area contributed by atoms with Crippen LogP contribution in [0.5, 0.6) is 0 Å². The van der Waals surface area contributed by atoms with Gasteiger partial charge in [0.25, 0.3) is 0 Å². The normalized spacial score (nSPS) is 25.4. The Balaban J connectivity index is 2.29. The van der Waals surface area contributed by atoms with Crippen molar-refractivity contribution in [2.45, 2.75) is 5.25 Å². The summed E-state index contributed by atoms with van der Waals surface area (Å²) >= 11 is 4.92. The Kier molecular flexibility index (Phi) is 3.21. The molecule has 1 aliphatic rings. The molecule has 1 heterocycles. The molecule has 0 aliphatic carbocycles. The van der Waals surface area contributed by atoms with Crippen molar-refractivity contribution in [1.82, 2.24) is 0 Å². The van der Waals surface area contributed by atoms with Crippen LogP contribution in [0.25, 0.3) is 0 Å². The summed E-state index contributed by atoms with van der Waals surface area (Å²) in [5.41, 5.74) is 0. The highest BCUT2D eigenvalue weighted by atomic mass is 79.9. The van der Waals surface area contributed by atoms with Crippen LogP contribution < -0.4 is 0 Å². The molecule has 0 saturated carbocycles. The van der Waals surface area contributed by atoms with Crippen molar-refractivity contribution in [2.75, 3.05) is 13.7 Å². The van der Waals surface area contributed by atoms with E-state index in [1.807, 2.05) is 0 Å². The molecule has 1 atom stereocenters. The number of aliphatic imine (C=N–C) groups is 1. The number of hydrogen-bond donors (Lipinski definition) is 0. The van der Waals surface area contributed by atoms with E-state index in [0.717, 1.165) is 10.5 Å². The minimum atomic E-state index is 0.342. The first-order valence-corrected chi connectivity index (χ1v) is 4.43. The summed E-state index contributed by atoms with van der Waals surface area (Å²) in [5, 5.41) is 3.99. The van der Waals surface area contributed by atoms with E-state index in [-0.39, 0.29) is 0 Å². The molecule has 0 aromatic rings.